The fraction of sp³-hybridized carbons (Fsp3) is 0.278. The van der Waals surface area contributed by atoms with Crippen LogP contribution in [-0.4, -0.2) is 37.4 Å². The molecule has 0 saturated carbocycles. The van der Waals surface area contributed by atoms with Crippen molar-refractivity contribution in [1.29, 1.82) is 0 Å². The van der Waals surface area contributed by atoms with E-state index >= 15 is 0 Å². The molecule has 0 saturated heterocycles. The molecule has 0 aliphatic heterocycles. The van der Waals surface area contributed by atoms with Crippen LogP contribution in [-0.2, 0) is 14.3 Å². The summed E-state index contributed by atoms with van der Waals surface area (Å²) in [7, 11) is 2.85. The van der Waals surface area contributed by atoms with Crippen molar-refractivity contribution in [2.75, 3.05) is 19.5 Å². The van der Waals surface area contributed by atoms with Gasteiger partial charge in [-0.1, -0.05) is 17.9 Å². The summed E-state index contributed by atoms with van der Waals surface area (Å²) in [6, 6.07) is 5.26. The van der Waals surface area contributed by atoms with Crippen molar-refractivity contribution in [2.24, 2.45) is 11.5 Å². The maximum Gasteiger partial charge on any atom is 0.305 e. The Bertz CT molecular complexity index is 846. The number of unbranched alkanes of at least 4 members (excludes halogenated alkanes) is 1. The van der Waals surface area contributed by atoms with Gasteiger partial charge in [0, 0.05) is 29.3 Å². The fourth-order valence-electron chi connectivity index (χ4n) is 2.29. The molecule has 0 atom stereocenters. The summed E-state index contributed by atoms with van der Waals surface area (Å²) in [6.45, 7) is 0. The zero-order valence-electron chi connectivity index (χ0n) is 14.7. The number of aromatic nitrogens is 1. The molecule has 8 nitrogen and oxygen atoms in total. The third-order valence-corrected chi connectivity index (χ3v) is 3.39. The Morgan fingerprint density at radius 3 is 2.69 bits per heavy atom. The fourth-order valence-corrected chi connectivity index (χ4v) is 2.29. The minimum Gasteiger partial charge on any atom is -0.469 e. The molecule has 0 unspecified atom stereocenters. The van der Waals surface area contributed by atoms with Crippen LogP contribution in [0.15, 0.2) is 18.2 Å². The monoisotopic (exact) mass is 358 g/mol. The van der Waals surface area contributed by atoms with E-state index in [4.69, 9.17) is 5.73 Å². The van der Waals surface area contributed by atoms with E-state index in [0.29, 0.717) is 36.6 Å². The van der Waals surface area contributed by atoms with E-state index in [9.17, 15) is 14.4 Å². The molecule has 26 heavy (non-hydrogen) atoms. The number of fused-ring (bicyclic) bond motifs is 1. The van der Waals surface area contributed by atoms with E-state index in [1.54, 1.807) is 18.2 Å². The summed E-state index contributed by atoms with van der Waals surface area (Å²) >= 11 is 0. The van der Waals surface area contributed by atoms with Crippen molar-refractivity contribution in [2.45, 2.75) is 19.3 Å². The molecule has 2 rings (SSSR count). The van der Waals surface area contributed by atoms with Gasteiger partial charge in [0.25, 0.3) is 5.91 Å². The number of hydrogen-bond donors (Lipinski definition) is 4. The van der Waals surface area contributed by atoms with Crippen molar-refractivity contribution in [3.05, 3.63) is 29.3 Å². The van der Waals surface area contributed by atoms with Crippen molar-refractivity contribution >= 4 is 35.0 Å². The van der Waals surface area contributed by atoms with E-state index in [0.717, 1.165) is 5.56 Å². The standard InChI is InChI=1S/C17H17N3O4.CH5N/c1-24-14(22)6-4-2-3-5-11-7-8-12-13(9-11)20-17(19-10-21)15(12)16(18)23;1-2/h7-10,20H,2,4,6H2,1H3,(H2,18,23)(H,19,21);2H2,1H3. The Kier molecular flexibility index (Phi) is 8.40. The summed E-state index contributed by atoms with van der Waals surface area (Å²) in [6.07, 6.45) is 2.01. The first kappa shape index (κ1) is 20.7. The third-order valence-electron chi connectivity index (χ3n) is 3.39. The van der Waals surface area contributed by atoms with Gasteiger partial charge in [-0.25, -0.2) is 0 Å². The SMILES string of the molecule is CN.COC(=O)CCCC#Cc1ccc2c(C(N)=O)c(NC=O)[nH]c2c1. The number of carbonyl (C=O) groups excluding carboxylic acids is 3. The molecule has 0 aliphatic carbocycles. The van der Waals surface area contributed by atoms with E-state index in [1.807, 2.05) is 0 Å². The molecule has 8 heteroatoms. The van der Waals surface area contributed by atoms with E-state index in [1.165, 1.54) is 14.2 Å². The molecule has 0 bridgehead atoms. The van der Waals surface area contributed by atoms with Crippen LogP contribution in [0.2, 0.25) is 0 Å². The number of carbonyl (C=O) groups is 3. The minimum atomic E-state index is -0.632. The van der Waals surface area contributed by atoms with Crippen LogP contribution in [0.4, 0.5) is 5.82 Å². The first-order valence-electron chi connectivity index (χ1n) is 7.86. The topological polar surface area (TPSA) is 140 Å². The Morgan fingerprint density at radius 2 is 2.08 bits per heavy atom. The van der Waals surface area contributed by atoms with Gasteiger partial charge in [0.15, 0.2) is 0 Å². The zero-order chi connectivity index (χ0) is 19.5. The normalized spacial score (nSPS) is 9.35. The summed E-state index contributed by atoms with van der Waals surface area (Å²) < 4.78 is 4.56. The van der Waals surface area contributed by atoms with Gasteiger partial charge in [-0.15, -0.1) is 0 Å². The Morgan fingerprint density at radius 1 is 1.35 bits per heavy atom. The van der Waals surface area contributed by atoms with Gasteiger partial charge < -0.3 is 26.5 Å². The summed E-state index contributed by atoms with van der Waals surface area (Å²) in [5, 5.41) is 3.04. The second kappa shape index (κ2) is 10.5. The average Bonchev–Trinajstić information content (AvgIpc) is 3.00. The lowest BCUT2D eigenvalue weighted by Crippen LogP contribution is -2.13. The predicted octanol–water partition coefficient (Wildman–Crippen LogP) is 1.10. The molecule has 1 aromatic carbocycles. The molecule has 1 heterocycles. The maximum absolute atomic E-state index is 11.6. The van der Waals surface area contributed by atoms with Gasteiger partial charge in [-0.05, 0) is 25.6 Å². The van der Waals surface area contributed by atoms with Crippen molar-refractivity contribution in [3.63, 3.8) is 0 Å². The second-order valence-electron chi connectivity index (χ2n) is 4.99. The number of nitrogens with two attached hydrogens (primary N) is 2. The third kappa shape index (κ3) is 5.36. The van der Waals surface area contributed by atoms with Crippen LogP contribution >= 0.6 is 0 Å². The number of methoxy groups -OCH3 is 1. The number of primary amides is 1. The van der Waals surface area contributed by atoms with Crippen LogP contribution in [0.25, 0.3) is 10.9 Å². The molecule has 0 aliphatic rings. The summed E-state index contributed by atoms with van der Waals surface area (Å²) in [5.74, 6) is 5.35. The molecular weight excluding hydrogens is 336 g/mol. The smallest absolute Gasteiger partial charge is 0.305 e. The second-order valence-corrected chi connectivity index (χ2v) is 4.99. The van der Waals surface area contributed by atoms with Gasteiger partial charge in [-0.2, -0.15) is 0 Å². The van der Waals surface area contributed by atoms with Gasteiger partial charge in [0.1, 0.15) is 5.82 Å². The Labute approximate surface area is 151 Å². The van der Waals surface area contributed by atoms with Crippen LogP contribution in [0.5, 0.6) is 0 Å². The van der Waals surface area contributed by atoms with Crippen LogP contribution < -0.4 is 16.8 Å². The van der Waals surface area contributed by atoms with Crippen LogP contribution in [0, 0.1) is 11.8 Å². The van der Waals surface area contributed by atoms with Gasteiger partial charge >= 0.3 is 5.97 Å². The summed E-state index contributed by atoms with van der Waals surface area (Å²) in [4.78, 5) is 36.1. The number of nitrogens with one attached hydrogen (secondary N) is 2. The van der Waals surface area contributed by atoms with Gasteiger partial charge in [0.2, 0.25) is 6.41 Å². The number of amides is 2. The maximum atomic E-state index is 11.6. The number of H-pyrrole nitrogens is 1. The number of benzene rings is 1. The minimum absolute atomic E-state index is 0.231. The highest BCUT2D eigenvalue weighted by molar-refractivity contribution is 6.12. The number of esters is 1. The number of hydrogen-bond acceptors (Lipinski definition) is 5. The largest absolute Gasteiger partial charge is 0.469 e. The van der Waals surface area contributed by atoms with Gasteiger partial charge in [-0.3, -0.25) is 14.4 Å². The number of ether oxygens (including phenoxy) is 1. The molecular formula is C18H22N4O4. The lowest BCUT2D eigenvalue weighted by molar-refractivity contribution is -0.140. The Hall–Kier alpha value is -3.31. The van der Waals surface area contributed by atoms with E-state index in [2.05, 4.69) is 32.6 Å². The molecule has 6 N–H and O–H groups in total. The van der Waals surface area contributed by atoms with Crippen LogP contribution in [0.3, 0.4) is 0 Å². The zero-order valence-corrected chi connectivity index (χ0v) is 14.7. The molecule has 138 valence electrons. The first-order chi connectivity index (χ1) is 12.6. The number of aromatic amines is 1. The quantitative estimate of drug-likeness (QED) is 0.265. The molecule has 0 fully saturated rings. The average molecular weight is 358 g/mol. The molecule has 1 aromatic heterocycles. The molecule has 0 spiro atoms. The lowest BCUT2D eigenvalue weighted by Gasteiger charge is -1.97. The predicted molar refractivity (Wildman–Crippen MR) is 99.4 cm³/mol. The number of anilines is 1. The Balaban J connectivity index is 0.00000163. The van der Waals surface area contributed by atoms with Crippen molar-refractivity contribution in [1.82, 2.24) is 4.98 Å². The highest BCUT2D eigenvalue weighted by Crippen LogP contribution is 2.26. The van der Waals surface area contributed by atoms with E-state index in [-0.39, 0.29) is 17.4 Å². The lowest BCUT2D eigenvalue weighted by atomic mass is 10.1. The number of rotatable bonds is 6. The van der Waals surface area contributed by atoms with Gasteiger partial charge in [0.05, 0.1) is 12.7 Å². The van der Waals surface area contributed by atoms with Crippen molar-refractivity contribution < 1.29 is 19.1 Å². The first-order valence-corrected chi connectivity index (χ1v) is 7.86. The molecule has 2 amide bonds. The highest BCUT2D eigenvalue weighted by Gasteiger charge is 2.15. The molecule has 2 aromatic rings. The highest BCUT2D eigenvalue weighted by atomic mass is 16.5. The van der Waals surface area contributed by atoms with E-state index < -0.39 is 5.91 Å². The van der Waals surface area contributed by atoms with Crippen molar-refractivity contribution in [3.8, 4) is 11.8 Å². The summed E-state index contributed by atoms with van der Waals surface area (Å²) in [5.41, 5.74) is 11.5. The molecule has 0 radical (unpaired) electrons. The van der Waals surface area contributed by atoms with Crippen LogP contribution in [0.1, 0.15) is 35.2 Å².